The van der Waals surface area contributed by atoms with Crippen molar-refractivity contribution in [2.24, 2.45) is 0 Å². The first-order valence-corrected chi connectivity index (χ1v) is 9.87. The Bertz CT molecular complexity index is 958. The van der Waals surface area contributed by atoms with Crippen LogP contribution in [0.1, 0.15) is 53.4 Å². The monoisotopic (exact) mass is 394 g/mol. The van der Waals surface area contributed by atoms with Crippen molar-refractivity contribution in [3.8, 4) is 0 Å². The molecule has 0 fully saturated rings. The Labute approximate surface area is 170 Å². The third-order valence-electron chi connectivity index (χ3n) is 4.60. The number of carbonyl (C=O) groups is 2. The Morgan fingerprint density at radius 2 is 1.48 bits per heavy atom. The highest BCUT2D eigenvalue weighted by atomic mass is 16.4. The van der Waals surface area contributed by atoms with Crippen molar-refractivity contribution in [2.45, 2.75) is 39.7 Å². The van der Waals surface area contributed by atoms with Crippen LogP contribution in [-0.2, 0) is 12.8 Å². The molecular weight excluding hydrogens is 368 g/mol. The Kier molecular flexibility index (Phi) is 6.54. The molecule has 2 aromatic heterocycles. The van der Waals surface area contributed by atoms with Gasteiger partial charge in [0.2, 0.25) is 0 Å². The number of anilines is 1. The largest absolute Gasteiger partial charge is 0.456 e. The molecule has 1 unspecified atom stereocenters. The molecule has 2 amide bonds. The van der Waals surface area contributed by atoms with E-state index in [1.165, 1.54) is 0 Å². The summed E-state index contributed by atoms with van der Waals surface area (Å²) in [6.45, 7) is 6.08. The van der Waals surface area contributed by atoms with Crippen LogP contribution in [0, 0.1) is 0 Å². The SMILES string of the molecule is CCc1ccc(C(=O)NC(C)CN(C(=O)c2ccc(CC)o2)c2ccccc2)o1. The fraction of sp³-hybridized carbons (Fsp3) is 0.304. The lowest BCUT2D eigenvalue weighted by Crippen LogP contribution is -2.44. The van der Waals surface area contributed by atoms with Crippen LogP contribution in [-0.4, -0.2) is 24.4 Å². The number of nitrogens with one attached hydrogen (secondary N) is 1. The summed E-state index contributed by atoms with van der Waals surface area (Å²) in [5.74, 6) is 1.51. The van der Waals surface area contributed by atoms with Crippen LogP contribution in [0.5, 0.6) is 0 Å². The van der Waals surface area contributed by atoms with Gasteiger partial charge in [-0.05, 0) is 43.3 Å². The molecule has 1 N–H and O–H groups in total. The molecule has 0 saturated carbocycles. The van der Waals surface area contributed by atoms with Gasteiger partial charge in [0.1, 0.15) is 11.5 Å². The predicted octanol–water partition coefficient (Wildman–Crippen LogP) is 4.46. The number of hydrogen-bond acceptors (Lipinski definition) is 4. The lowest BCUT2D eigenvalue weighted by Gasteiger charge is -2.25. The van der Waals surface area contributed by atoms with Gasteiger partial charge in [-0.15, -0.1) is 0 Å². The van der Waals surface area contributed by atoms with E-state index in [9.17, 15) is 9.59 Å². The maximum absolute atomic E-state index is 13.1. The second kappa shape index (κ2) is 9.28. The van der Waals surface area contributed by atoms with E-state index in [0.717, 1.165) is 23.6 Å². The summed E-state index contributed by atoms with van der Waals surface area (Å²) < 4.78 is 11.2. The first-order chi connectivity index (χ1) is 14.0. The van der Waals surface area contributed by atoms with Crippen LogP contribution in [0.3, 0.4) is 0 Å². The molecule has 1 atom stereocenters. The van der Waals surface area contributed by atoms with Crippen molar-refractivity contribution in [3.05, 3.63) is 77.6 Å². The zero-order chi connectivity index (χ0) is 20.8. The Hall–Kier alpha value is -3.28. The number of aryl methyl sites for hydroxylation is 2. The van der Waals surface area contributed by atoms with Gasteiger partial charge in [0.25, 0.3) is 11.8 Å². The number of benzene rings is 1. The number of furan rings is 2. The first kappa shape index (κ1) is 20.5. The highest BCUT2D eigenvalue weighted by molar-refractivity contribution is 6.04. The standard InChI is InChI=1S/C23H26N2O4/c1-4-18-11-13-20(28-18)22(26)24-16(3)15-25(17-9-7-6-8-10-17)23(27)21-14-12-19(5-2)29-21/h6-14,16H,4-5,15H2,1-3H3,(H,24,26). The van der Waals surface area contributed by atoms with E-state index >= 15 is 0 Å². The highest BCUT2D eigenvalue weighted by Gasteiger charge is 2.24. The predicted molar refractivity (Wildman–Crippen MR) is 111 cm³/mol. The molecule has 152 valence electrons. The normalized spacial score (nSPS) is 11.8. The van der Waals surface area contributed by atoms with E-state index < -0.39 is 0 Å². The maximum atomic E-state index is 13.1. The zero-order valence-corrected chi connectivity index (χ0v) is 17.0. The van der Waals surface area contributed by atoms with Crippen LogP contribution in [0.2, 0.25) is 0 Å². The van der Waals surface area contributed by atoms with Gasteiger partial charge in [0.15, 0.2) is 11.5 Å². The quantitative estimate of drug-likeness (QED) is 0.612. The van der Waals surface area contributed by atoms with Crippen LogP contribution in [0.15, 0.2) is 63.4 Å². The topological polar surface area (TPSA) is 75.7 Å². The smallest absolute Gasteiger partial charge is 0.294 e. The second-order valence-electron chi connectivity index (χ2n) is 6.86. The second-order valence-corrected chi connectivity index (χ2v) is 6.86. The molecule has 0 bridgehead atoms. The molecule has 0 saturated heterocycles. The Morgan fingerprint density at radius 1 is 0.897 bits per heavy atom. The first-order valence-electron chi connectivity index (χ1n) is 9.87. The molecule has 0 radical (unpaired) electrons. The number of rotatable bonds is 8. The lowest BCUT2D eigenvalue weighted by molar-refractivity contribution is 0.0898. The molecule has 0 aliphatic rings. The van der Waals surface area contributed by atoms with E-state index in [4.69, 9.17) is 8.83 Å². The van der Waals surface area contributed by atoms with E-state index in [1.54, 1.807) is 23.1 Å². The molecule has 6 heteroatoms. The van der Waals surface area contributed by atoms with Crippen LogP contribution in [0.25, 0.3) is 0 Å². The van der Waals surface area contributed by atoms with Crippen molar-refractivity contribution in [1.29, 1.82) is 0 Å². The van der Waals surface area contributed by atoms with Crippen molar-refractivity contribution in [3.63, 3.8) is 0 Å². The van der Waals surface area contributed by atoms with E-state index in [2.05, 4.69) is 5.32 Å². The molecule has 0 spiro atoms. The van der Waals surface area contributed by atoms with Gasteiger partial charge in [-0.3, -0.25) is 9.59 Å². The summed E-state index contributed by atoms with van der Waals surface area (Å²) in [4.78, 5) is 27.2. The lowest BCUT2D eigenvalue weighted by atomic mass is 10.2. The Morgan fingerprint density at radius 3 is 2.07 bits per heavy atom. The summed E-state index contributed by atoms with van der Waals surface area (Å²) >= 11 is 0. The molecule has 0 aliphatic carbocycles. The van der Waals surface area contributed by atoms with Crippen LogP contribution < -0.4 is 10.2 Å². The number of nitrogens with zero attached hydrogens (tertiary/aromatic N) is 1. The summed E-state index contributed by atoms with van der Waals surface area (Å²) in [5.41, 5.74) is 0.735. The highest BCUT2D eigenvalue weighted by Crippen LogP contribution is 2.19. The van der Waals surface area contributed by atoms with Crippen molar-refractivity contribution < 1.29 is 18.4 Å². The molecule has 2 heterocycles. The Balaban J connectivity index is 1.75. The van der Waals surface area contributed by atoms with Gasteiger partial charge in [-0.2, -0.15) is 0 Å². The fourth-order valence-corrected chi connectivity index (χ4v) is 3.03. The van der Waals surface area contributed by atoms with Crippen LogP contribution in [0.4, 0.5) is 5.69 Å². The average molecular weight is 394 g/mol. The molecule has 0 aliphatic heterocycles. The zero-order valence-electron chi connectivity index (χ0n) is 17.0. The van der Waals surface area contributed by atoms with E-state index in [-0.39, 0.29) is 35.9 Å². The van der Waals surface area contributed by atoms with Crippen LogP contribution >= 0.6 is 0 Å². The molecule has 3 rings (SSSR count). The molecular formula is C23H26N2O4. The van der Waals surface area contributed by atoms with Gasteiger partial charge >= 0.3 is 0 Å². The van der Waals surface area contributed by atoms with Gasteiger partial charge in [0, 0.05) is 31.1 Å². The fourth-order valence-electron chi connectivity index (χ4n) is 3.03. The van der Waals surface area contributed by atoms with Crippen molar-refractivity contribution >= 4 is 17.5 Å². The molecule has 1 aromatic carbocycles. The molecule has 29 heavy (non-hydrogen) atoms. The number of hydrogen-bond donors (Lipinski definition) is 1. The summed E-state index contributed by atoms with van der Waals surface area (Å²) in [5, 5.41) is 2.90. The third kappa shape index (κ3) is 4.96. The summed E-state index contributed by atoms with van der Waals surface area (Å²) in [6.07, 6.45) is 1.44. The third-order valence-corrected chi connectivity index (χ3v) is 4.60. The van der Waals surface area contributed by atoms with Crippen molar-refractivity contribution in [2.75, 3.05) is 11.4 Å². The van der Waals surface area contributed by atoms with Gasteiger partial charge in [-0.1, -0.05) is 32.0 Å². The minimum atomic E-state index is -0.303. The maximum Gasteiger partial charge on any atom is 0.294 e. The minimum Gasteiger partial charge on any atom is -0.456 e. The van der Waals surface area contributed by atoms with Gasteiger partial charge in [0.05, 0.1) is 0 Å². The van der Waals surface area contributed by atoms with Gasteiger partial charge in [-0.25, -0.2) is 0 Å². The number of para-hydroxylation sites is 1. The number of amides is 2. The molecule has 6 nitrogen and oxygen atoms in total. The average Bonchev–Trinajstić information content (AvgIpc) is 3.41. The number of carbonyl (C=O) groups excluding carboxylic acids is 2. The van der Waals surface area contributed by atoms with Gasteiger partial charge < -0.3 is 19.1 Å². The van der Waals surface area contributed by atoms with E-state index in [1.807, 2.05) is 57.2 Å². The molecule has 3 aromatic rings. The minimum absolute atomic E-state index is 0.247. The van der Waals surface area contributed by atoms with E-state index in [0.29, 0.717) is 6.42 Å². The summed E-state index contributed by atoms with van der Waals surface area (Å²) in [7, 11) is 0. The van der Waals surface area contributed by atoms with Crippen molar-refractivity contribution in [1.82, 2.24) is 5.32 Å². The summed E-state index contributed by atoms with van der Waals surface area (Å²) in [6, 6.07) is 16.0.